The summed E-state index contributed by atoms with van der Waals surface area (Å²) < 4.78 is 26.6. The van der Waals surface area contributed by atoms with Crippen molar-refractivity contribution in [3.05, 3.63) is 51.5 Å². The molecule has 0 radical (unpaired) electrons. The van der Waals surface area contributed by atoms with Crippen LogP contribution >= 0.6 is 27.5 Å². The Balaban J connectivity index is 2.43. The van der Waals surface area contributed by atoms with E-state index in [1.165, 1.54) is 24.3 Å². The van der Waals surface area contributed by atoms with Crippen LogP contribution in [0.1, 0.15) is 0 Å². The molecule has 0 saturated heterocycles. The first kappa shape index (κ1) is 13.1. The van der Waals surface area contributed by atoms with E-state index in [0.29, 0.717) is 21.5 Å². The van der Waals surface area contributed by atoms with Crippen molar-refractivity contribution in [2.24, 2.45) is 0 Å². The summed E-state index contributed by atoms with van der Waals surface area (Å²) in [5.74, 6) is -0.898. The second-order valence-electron chi connectivity index (χ2n) is 3.60. The summed E-state index contributed by atoms with van der Waals surface area (Å²) in [5, 5.41) is 3.04. The average Bonchev–Trinajstić information content (AvgIpc) is 2.28. The van der Waals surface area contributed by atoms with Crippen LogP contribution in [0.4, 0.5) is 25.8 Å². The molecule has 0 aliphatic carbocycles. The van der Waals surface area contributed by atoms with Crippen molar-refractivity contribution < 1.29 is 8.78 Å². The van der Waals surface area contributed by atoms with E-state index in [2.05, 4.69) is 21.2 Å². The van der Waals surface area contributed by atoms with Crippen LogP contribution in [-0.4, -0.2) is 0 Å². The summed E-state index contributed by atoms with van der Waals surface area (Å²) in [4.78, 5) is 0. The second kappa shape index (κ2) is 5.12. The van der Waals surface area contributed by atoms with E-state index in [0.717, 1.165) is 6.07 Å². The molecule has 0 fully saturated rings. The molecule has 0 saturated carbocycles. The number of hydrogen-bond acceptors (Lipinski definition) is 2. The predicted molar refractivity (Wildman–Crippen MR) is 73.2 cm³/mol. The molecule has 2 aromatic carbocycles. The molecule has 0 aromatic heterocycles. The molecular formula is C12H8BrClF2N2. The SMILES string of the molecule is Nc1ccc(F)cc1Nc1c(Cl)cc(F)cc1Br. The van der Waals surface area contributed by atoms with Gasteiger partial charge in [-0.1, -0.05) is 11.6 Å². The maximum Gasteiger partial charge on any atom is 0.125 e. The van der Waals surface area contributed by atoms with Gasteiger partial charge in [0, 0.05) is 4.47 Å². The van der Waals surface area contributed by atoms with Crippen molar-refractivity contribution in [1.82, 2.24) is 0 Å². The van der Waals surface area contributed by atoms with Crippen LogP contribution < -0.4 is 11.1 Å². The highest BCUT2D eigenvalue weighted by molar-refractivity contribution is 9.10. The van der Waals surface area contributed by atoms with Gasteiger partial charge in [0.25, 0.3) is 0 Å². The average molecular weight is 334 g/mol. The van der Waals surface area contributed by atoms with Crippen molar-refractivity contribution in [2.45, 2.75) is 0 Å². The van der Waals surface area contributed by atoms with Crippen LogP contribution in [0.15, 0.2) is 34.8 Å². The van der Waals surface area contributed by atoms with Crippen LogP contribution in [0.5, 0.6) is 0 Å². The second-order valence-corrected chi connectivity index (χ2v) is 4.86. The number of hydrogen-bond donors (Lipinski definition) is 2. The molecule has 0 aliphatic heterocycles. The zero-order valence-corrected chi connectivity index (χ0v) is 11.3. The zero-order valence-electron chi connectivity index (χ0n) is 8.98. The smallest absolute Gasteiger partial charge is 0.125 e. The molecule has 2 rings (SSSR count). The van der Waals surface area contributed by atoms with Gasteiger partial charge in [0.05, 0.1) is 22.1 Å². The molecule has 0 amide bonds. The summed E-state index contributed by atoms with van der Waals surface area (Å²) in [5.41, 5.74) is 6.86. The van der Waals surface area contributed by atoms with E-state index >= 15 is 0 Å². The van der Waals surface area contributed by atoms with Crippen LogP contribution in [0.2, 0.25) is 5.02 Å². The third-order valence-electron chi connectivity index (χ3n) is 2.28. The van der Waals surface area contributed by atoms with Gasteiger partial charge in [-0.2, -0.15) is 0 Å². The van der Waals surface area contributed by atoms with Crippen molar-refractivity contribution in [1.29, 1.82) is 0 Å². The first-order chi connectivity index (χ1) is 8.47. The number of nitrogens with one attached hydrogen (secondary N) is 1. The Morgan fingerprint density at radius 3 is 2.50 bits per heavy atom. The van der Waals surface area contributed by atoms with E-state index < -0.39 is 11.6 Å². The van der Waals surface area contributed by atoms with Crippen molar-refractivity contribution >= 4 is 44.6 Å². The molecule has 0 aliphatic rings. The third-order valence-corrected chi connectivity index (χ3v) is 3.21. The molecule has 0 atom stereocenters. The van der Waals surface area contributed by atoms with Gasteiger partial charge < -0.3 is 11.1 Å². The molecule has 2 aromatic rings. The van der Waals surface area contributed by atoms with E-state index in [4.69, 9.17) is 17.3 Å². The van der Waals surface area contributed by atoms with Gasteiger partial charge >= 0.3 is 0 Å². The highest BCUT2D eigenvalue weighted by Crippen LogP contribution is 2.35. The lowest BCUT2D eigenvalue weighted by molar-refractivity contribution is 0.627. The molecule has 94 valence electrons. The minimum Gasteiger partial charge on any atom is -0.397 e. The van der Waals surface area contributed by atoms with Gasteiger partial charge in [-0.05, 0) is 46.3 Å². The van der Waals surface area contributed by atoms with Crippen molar-refractivity contribution in [3.8, 4) is 0 Å². The molecule has 0 bridgehead atoms. The molecular weight excluding hydrogens is 325 g/mol. The Hall–Kier alpha value is -1.33. The fourth-order valence-corrected chi connectivity index (χ4v) is 2.33. The summed E-state index contributed by atoms with van der Waals surface area (Å²) in [6, 6.07) is 6.33. The number of nitrogen functional groups attached to an aromatic ring is 1. The minimum absolute atomic E-state index is 0.172. The summed E-state index contributed by atoms with van der Waals surface area (Å²) in [6.07, 6.45) is 0. The number of benzene rings is 2. The lowest BCUT2D eigenvalue weighted by Gasteiger charge is -2.12. The highest BCUT2D eigenvalue weighted by atomic mass is 79.9. The Morgan fingerprint density at radius 1 is 1.11 bits per heavy atom. The van der Waals surface area contributed by atoms with Crippen LogP contribution in [0, 0.1) is 11.6 Å². The van der Waals surface area contributed by atoms with Crippen molar-refractivity contribution in [2.75, 3.05) is 11.1 Å². The van der Waals surface area contributed by atoms with Crippen molar-refractivity contribution in [3.63, 3.8) is 0 Å². The summed E-state index contributed by atoms with van der Waals surface area (Å²) in [7, 11) is 0. The molecule has 2 nitrogen and oxygen atoms in total. The molecule has 3 N–H and O–H groups in total. The number of anilines is 3. The predicted octanol–water partition coefficient (Wildman–Crippen LogP) is 4.71. The highest BCUT2D eigenvalue weighted by Gasteiger charge is 2.10. The van der Waals surface area contributed by atoms with E-state index in [9.17, 15) is 8.78 Å². The van der Waals surface area contributed by atoms with Gasteiger partial charge in [-0.15, -0.1) is 0 Å². The molecule has 0 unspecified atom stereocenters. The summed E-state index contributed by atoms with van der Waals surface area (Å²) in [6.45, 7) is 0. The first-order valence-corrected chi connectivity index (χ1v) is 6.11. The van der Waals surface area contributed by atoms with Gasteiger partial charge in [-0.25, -0.2) is 8.78 Å². The molecule has 0 heterocycles. The van der Waals surface area contributed by atoms with Crippen LogP contribution in [0.25, 0.3) is 0 Å². The van der Waals surface area contributed by atoms with E-state index in [1.807, 2.05) is 0 Å². The van der Waals surface area contributed by atoms with Crippen LogP contribution in [0.3, 0.4) is 0 Å². The fourth-order valence-electron chi connectivity index (χ4n) is 1.43. The normalized spacial score (nSPS) is 10.4. The Labute approximate surface area is 116 Å². The number of halogens is 4. The first-order valence-electron chi connectivity index (χ1n) is 4.94. The minimum atomic E-state index is -0.468. The topological polar surface area (TPSA) is 38.0 Å². The number of rotatable bonds is 2. The lowest BCUT2D eigenvalue weighted by atomic mass is 10.2. The van der Waals surface area contributed by atoms with E-state index in [-0.39, 0.29) is 5.02 Å². The molecule has 6 heteroatoms. The maximum absolute atomic E-state index is 13.1. The van der Waals surface area contributed by atoms with Gasteiger partial charge in [0.15, 0.2) is 0 Å². The monoisotopic (exact) mass is 332 g/mol. The van der Waals surface area contributed by atoms with E-state index in [1.54, 1.807) is 0 Å². The Kier molecular flexibility index (Phi) is 3.73. The number of nitrogens with two attached hydrogens (primary N) is 1. The zero-order chi connectivity index (χ0) is 13.3. The quantitative estimate of drug-likeness (QED) is 0.781. The molecule has 18 heavy (non-hydrogen) atoms. The maximum atomic E-state index is 13.1. The van der Waals surface area contributed by atoms with Gasteiger partial charge in [0.2, 0.25) is 0 Å². The Morgan fingerprint density at radius 2 is 1.83 bits per heavy atom. The van der Waals surface area contributed by atoms with Gasteiger partial charge in [-0.3, -0.25) is 0 Å². The third kappa shape index (κ3) is 2.73. The Bertz CT molecular complexity index is 582. The van der Waals surface area contributed by atoms with Gasteiger partial charge in [0.1, 0.15) is 11.6 Å². The fraction of sp³-hybridized carbons (Fsp3) is 0. The molecule has 0 spiro atoms. The largest absolute Gasteiger partial charge is 0.397 e. The van der Waals surface area contributed by atoms with Crippen LogP contribution in [-0.2, 0) is 0 Å². The summed E-state index contributed by atoms with van der Waals surface area (Å²) >= 11 is 9.09. The standard InChI is InChI=1S/C12H8BrClF2N2/c13-8-3-7(16)4-9(14)12(8)18-11-5-6(15)1-2-10(11)17/h1-5,18H,17H2. The lowest BCUT2D eigenvalue weighted by Crippen LogP contribution is -1.98.